The predicted octanol–water partition coefficient (Wildman–Crippen LogP) is 2.42. The Morgan fingerprint density at radius 3 is 2.12 bits per heavy atom. The zero-order valence-corrected chi connectivity index (χ0v) is 18.4. The number of carboxylic acids is 1. The van der Waals surface area contributed by atoms with Crippen molar-refractivity contribution in [2.45, 2.75) is 32.2 Å². The molecule has 3 N–H and O–H groups in total. The lowest BCUT2D eigenvalue weighted by molar-refractivity contribution is -0.141. The first kappa shape index (κ1) is 24.7. The van der Waals surface area contributed by atoms with Gasteiger partial charge in [-0.15, -0.1) is 0 Å². The average Bonchev–Trinajstić information content (AvgIpc) is 2.79. The molecule has 2 aromatic rings. The lowest BCUT2D eigenvalue weighted by Gasteiger charge is -2.21. The number of hydrogen-bond acceptors (Lipinski definition) is 5. The van der Waals surface area contributed by atoms with Crippen LogP contribution in [0.1, 0.15) is 25.3 Å². The van der Waals surface area contributed by atoms with E-state index in [1.165, 1.54) is 7.05 Å². The van der Waals surface area contributed by atoms with Crippen molar-refractivity contribution >= 4 is 17.8 Å². The SMILES string of the molecule is CCOc1ccc(OCC[C@H](CC(=O)O)C(=O)N[C@@H](Cc2ccccc2)C(=O)NC)cc1. The van der Waals surface area contributed by atoms with Gasteiger partial charge in [0, 0.05) is 13.5 Å². The summed E-state index contributed by atoms with van der Waals surface area (Å²) >= 11 is 0. The smallest absolute Gasteiger partial charge is 0.304 e. The molecule has 0 aliphatic heterocycles. The molecule has 0 heterocycles. The van der Waals surface area contributed by atoms with Crippen LogP contribution >= 0.6 is 0 Å². The molecule has 8 nitrogen and oxygen atoms in total. The number of nitrogens with one attached hydrogen (secondary N) is 2. The summed E-state index contributed by atoms with van der Waals surface area (Å²) in [6, 6.07) is 15.5. The van der Waals surface area contributed by atoms with Gasteiger partial charge in [-0.1, -0.05) is 30.3 Å². The molecule has 0 fully saturated rings. The van der Waals surface area contributed by atoms with Crippen LogP contribution in [-0.2, 0) is 20.8 Å². The van der Waals surface area contributed by atoms with E-state index >= 15 is 0 Å². The zero-order valence-electron chi connectivity index (χ0n) is 18.4. The third kappa shape index (κ3) is 8.29. The first-order chi connectivity index (χ1) is 15.4. The van der Waals surface area contributed by atoms with E-state index in [9.17, 15) is 19.5 Å². The fourth-order valence-electron chi connectivity index (χ4n) is 3.18. The van der Waals surface area contributed by atoms with Gasteiger partial charge in [-0.2, -0.15) is 0 Å². The van der Waals surface area contributed by atoms with Gasteiger partial charge in [-0.3, -0.25) is 14.4 Å². The Hall–Kier alpha value is -3.55. The van der Waals surface area contributed by atoms with Gasteiger partial charge in [0.2, 0.25) is 11.8 Å². The van der Waals surface area contributed by atoms with Crippen molar-refractivity contribution in [3.8, 4) is 11.5 Å². The summed E-state index contributed by atoms with van der Waals surface area (Å²) < 4.78 is 11.0. The summed E-state index contributed by atoms with van der Waals surface area (Å²) in [7, 11) is 1.49. The molecule has 8 heteroatoms. The van der Waals surface area contributed by atoms with Crippen molar-refractivity contribution in [3.05, 3.63) is 60.2 Å². The van der Waals surface area contributed by atoms with Gasteiger partial charge in [0.1, 0.15) is 17.5 Å². The van der Waals surface area contributed by atoms with Crippen molar-refractivity contribution in [2.75, 3.05) is 20.3 Å². The van der Waals surface area contributed by atoms with Crippen LogP contribution in [0.3, 0.4) is 0 Å². The quantitative estimate of drug-likeness (QED) is 0.439. The first-order valence-corrected chi connectivity index (χ1v) is 10.6. The van der Waals surface area contributed by atoms with Gasteiger partial charge in [0.15, 0.2) is 0 Å². The van der Waals surface area contributed by atoms with Crippen LogP contribution in [0.5, 0.6) is 11.5 Å². The molecule has 2 amide bonds. The molecule has 0 aliphatic rings. The van der Waals surface area contributed by atoms with Gasteiger partial charge in [-0.05, 0) is 43.2 Å². The van der Waals surface area contributed by atoms with Crippen LogP contribution in [0.2, 0.25) is 0 Å². The van der Waals surface area contributed by atoms with Crippen molar-refractivity contribution < 1.29 is 29.0 Å². The minimum atomic E-state index is -1.09. The summed E-state index contributed by atoms with van der Waals surface area (Å²) in [4.78, 5) is 36.4. The fourth-order valence-corrected chi connectivity index (χ4v) is 3.18. The van der Waals surface area contributed by atoms with Crippen LogP contribution < -0.4 is 20.1 Å². The van der Waals surface area contributed by atoms with E-state index in [1.807, 2.05) is 37.3 Å². The molecule has 0 aliphatic carbocycles. The number of carbonyl (C=O) groups excluding carboxylic acids is 2. The second-order valence-corrected chi connectivity index (χ2v) is 7.20. The van der Waals surface area contributed by atoms with Gasteiger partial charge in [0.25, 0.3) is 0 Å². The number of benzene rings is 2. The molecule has 0 saturated carbocycles. The Morgan fingerprint density at radius 2 is 1.56 bits per heavy atom. The summed E-state index contributed by atoms with van der Waals surface area (Å²) in [5.41, 5.74) is 0.884. The molecule has 0 radical (unpaired) electrons. The molecule has 0 unspecified atom stereocenters. The number of carboxylic acid groups (broad SMARTS) is 1. The third-order valence-electron chi connectivity index (χ3n) is 4.82. The largest absolute Gasteiger partial charge is 0.494 e. The molecule has 0 aromatic heterocycles. The Kier molecular flexibility index (Phi) is 10.0. The maximum atomic E-state index is 12.8. The summed E-state index contributed by atoms with van der Waals surface area (Å²) in [6.07, 6.45) is 0.135. The number of aliphatic carboxylic acids is 1. The maximum Gasteiger partial charge on any atom is 0.304 e. The highest BCUT2D eigenvalue weighted by atomic mass is 16.5. The third-order valence-corrected chi connectivity index (χ3v) is 4.82. The fraction of sp³-hybridized carbons (Fsp3) is 0.375. The maximum absolute atomic E-state index is 12.8. The normalized spacial score (nSPS) is 12.3. The van der Waals surface area contributed by atoms with Crippen LogP contribution in [0.25, 0.3) is 0 Å². The second-order valence-electron chi connectivity index (χ2n) is 7.20. The van der Waals surface area contributed by atoms with E-state index in [1.54, 1.807) is 24.3 Å². The number of carbonyl (C=O) groups is 3. The number of hydrogen-bond donors (Lipinski definition) is 3. The van der Waals surface area contributed by atoms with E-state index in [4.69, 9.17) is 9.47 Å². The summed E-state index contributed by atoms with van der Waals surface area (Å²) in [5, 5.41) is 14.5. The molecular weight excluding hydrogens is 412 g/mol. The molecule has 0 saturated heterocycles. The Balaban J connectivity index is 1.98. The highest BCUT2D eigenvalue weighted by Crippen LogP contribution is 2.19. The van der Waals surface area contributed by atoms with Crippen molar-refractivity contribution in [2.24, 2.45) is 5.92 Å². The lowest BCUT2D eigenvalue weighted by atomic mass is 9.99. The topological polar surface area (TPSA) is 114 Å². The van der Waals surface area contributed by atoms with E-state index in [0.717, 1.165) is 11.3 Å². The van der Waals surface area contributed by atoms with Crippen LogP contribution in [0.4, 0.5) is 0 Å². The van der Waals surface area contributed by atoms with E-state index in [0.29, 0.717) is 18.8 Å². The van der Waals surface area contributed by atoms with E-state index < -0.39 is 23.8 Å². The minimum Gasteiger partial charge on any atom is -0.494 e. The average molecular weight is 443 g/mol. The van der Waals surface area contributed by atoms with E-state index in [2.05, 4.69) is 10.6 Å². The molecule has 32 heavy (non-hydrogen) atoms. The number of likely N-dealkylation sites (N-methyl/N-ethyl adjacent to an activating group) is 1. The van der Waals surface area contributed by atoms with Gasteiger partial charge < -0.3 is 25.2 Å². The Labute approximate surface area is 187 Å². The highest BCUT2D eigenvalue weighted by Gasteiger charge is 2.27. The minimum absolute atomic E-state index is 0.155. The summed E-state index contributed by atoms with van der Waals surface area (Å²) in [5.74, 6) is -1.45. The number of ether oxygens (including phenoxy) is 2. The molecule has 0 spiro atoms. The molecule has 2 aromatic carbocycles. The molecular formula is C24H30N2O6. The summed E-state index contributed by atoms with van der Waals surface area (Å²) in [6.45, 7) is 2.61. The number of rotatable bonds is 13. The first-order valence-electron chi connectivity index (χ1n) is 10.6. The van der Waals surface area contributed by atoms with Gasteiger partial charge in [-0.25, -0.2) is 0 Å². The zero-order chi connectivity index (χ0) is 23.3. The Morgan fingerprint density at radius 1 is 0.938 bits per heavy atom. The van der Waals surface area contributed by atoms with Gasteiger partial charge in [0.05, 0.1) is 25.6 Å². The van der Waals surface area contributed by atoms with Crippen molar-refractivity contribution in [1.29, 1.82) is 0 Å². The highest BCUT2D eigenvalue weighted by molar-refractivity contribution is 5.89. The standard InChI is InChI=1S/C24H30N2O6/c1-3-31-19-9-11-20(12-10-19)32-14-13-18(16-22(27)28)23(29)26-21(24(30)25-2)15-17-7-5-4-6-8-17/h4-12,18,21H,3,13-16H2,1-2H3,(H,25,30)(H,26,29)(H,27,28)/t18-,21+/m1/s1. The van der Waals surface area contributed by atoms with Crippen molar-refractivity contribution in [3.63, 3.8) is 0 Å². The molecule has 2 rings (SSSR count). The van der Waals surface area contributed by atoms with Crippen molar-refractivity contribution in [1.82, 2.24) is 10.6 Å². The monoisotopic (exact) mass is 442 g/mol. The van der Waals surface area contributed by atoms with Gasteiger partial charge >= 0.3 is 5.97 Å². The lowest BCUT2D eigenvalue weighted by Crippen LogP contribution is -2.49. The molecule has 172 valence electrons. The van der Waals surface area contributed by atoms with Crippen LogP contribution in [0, 0.1) is 5.92 Å². The van der Waals surface area contributed by atoms with Crippen LogP contribution in [-0.4, -0.2) is 49.2 Å². The number of amides is 2. The predicted molar refractivity (Wildman–Crippen MR) is 120 cm³/mol. The van der Waals surface area contributed by atoms with E-state index in [-0.39, 0.29) is 25.4 Å². The van der Waals surface area contributed by atoms with Crippen LogP contribution in [0.15, 0.2) is 54.6 Å². The second kappa shape index (κ2) is 13.0. The Bertz CT molecular complexity index is 870. The molecule has 0 bridgehead atoms. The molecule has 2 atom stereocenters.